The summed E-state index contributed by atoms with van der Waals surface area (Å²) in [6, 6.07) is 5.39. The SMILES string of the molecule is OCC#Cc1ccc(COC(C(F)(F)F)C(F)(F)F)cc1. The fourth-order valence-corrected chi connectivity index (χ4v) is 1.38. The van der Waals surface area contributed by atoms with E-state index < -0.39 is 25.1 Å². The van der Waals surface area contributed by atoms with E-state index in [-0.39, 0.29) is 12.2 Å². The van der Waals surface area contributed by atoms with E-state index in [2.05, 4.69) is 16.6 Å². The lowest BCUT2D eigenvalue weighted by molar-refractivity contribution is -0.324. The number of hydrogen-bond acceptors (Lipinski definition) is 2. The molecule has 0 fully saturated rings. The minimum absolute atomic E-state index is 0.142. The lowest BCUT2D eigenvalue weighted by Gasteiger charge is -2.23. The largest absolute Gasteiger partial charge is 0.423 e. The molecule has 1 rings (SSSR count). The van der Waals surface area contributed by atoms with E-state index in [1.165, 1.54) is 24.3 Å². The Labute approximate surface area is 116 Å². The highest BCUT2D eigenvalue weighted by molar-refractivity contribution is 5.36. The fourth-order valence-electron chi connectivity index (χ4n) is 1.38. The number of benzene rings is 1. The topological polar surface area (TPSA) is 29.5 Å². The van der Waals surface area contributed by atoms with Crippen LogP contribution in [0.5, 0.6) is 0 Å². The summed E-state index contributed by atoms with van der Waals surface area (Å²) in [6.45, 7) is -1.19. The predicted octanol–water partition coefficient (Wildman–Crippen LogP) is 3.04. The van der Waals surface area contributed by atoms with Gasteiger partial charge in [0.15, 0.2) is 0 Å². The molecular weight excluding hydrogens is 302 g/mol. The Bertz CT molecular complexity index is 493. The first-order valence-corrected chi connectivity index (χ1v) is 5.58. The van der Waals surface area contributed by atoms with Crippen LogP contribution in [0.1, 0.15) is 11.1 Å². The van der Waals surface area contributed by atoms with E-state index in [0.29, 0.717) is 5.56 Å². The third kappa shape index (κ3) is 5.65. The molecule has 0 heterocycles. The van der Waals surface area contributed by atoms with Gasteiger partial charge in [-0.25, -0.2) is 0 Å². The number of alkyl halides is 6. The van der Waals surface area contributed by atoms with E-state index in [4.69, 9.17) is 5.11 Å². The average Bonchev–Trinajstić information content (AvgIpc) is 2.34. The van der Waals surface area contributed by atoms with Crippen molar-refractivity contribution in [2.45, 2.75) is 25.1 Å². The van der Waals surface area contributed by atoms with Crippen molar-refractivity contribution in [1.29, 1.82) is 0 Å². The van der Waals surface area contributed by atoms with Gasteiger partial charge in [-0.2, -0.15) is 26.3 Å². The molecule has 0 spiro atoms. The van der Waals surface area contributed by atoms with E-state index >= 15 is 0 Å². The highest BCUT2D eigenvalue weighted by Gasteiger charge is 2.57. The molecule has 0 aliphatic rings. The predicted molar refractivity (Wildman–Crippen MR) is 61.1 cm³/mol. The normalized spacial score (nSPS) is 12.2. The van der Waals surface area contributed by atoms with Crippen molar-refractivity contribution in [2.24, 2.45) is 0 Å². The smallest absolute Gasteiger partial charge is 0.384 e. The summed E-state index contributed by atoms with van der Waals surface area (Å²) >= 11 is 0. The molecule has 1 N–H and O–H groups in total. The zero-order valence-electron chi connectivity index (χ0n) is 10.4. The zero-order chi connectivity index (χ0) is 16.1. The maximum absolute atomic E-state index is 12.2. The molecule has 0 saturated heterocycles. The second-order valence-electron chi connectivity index (χ2n) is 3.93. The minimum atomic E-state index is -5.52. The summed E-state index contributed by atoms with van der Waals surface area (Å²) in [4.78, 5) is 0. The van der Waals surface area contributed by atoms with Crippen LogP contribution >= 0.6 is 0 Å². The molecule has 1 aromatic rings. The lowest BCUT2D eigenvalue weighted by Crippen LogP contribution is -2.44. The summed E-state index contributed by atoms with van der Waals surface area (Å²) in [5, 5.41) is 8.47. The van der Waals surface area contributed by atoms with Crippen molar-refractivity contribution in [3.8, 4) is 11.8 Å². The monoisotopic (exact) mass is 312 g/mol. The molecule has 0 aliphatic carbocycles. The van der Waals surface area contributed by atoms with Gasteiger partial charge in [0, 0.05) is 5.56 Å². The lowest BCUT2D eigenvalue weighted by atomic mass is 10.1. The van der Waals surface area contributed by atoms with Gasteiger partial charge in [-0.3, -0.25) is 0 Å². The number of ether oxygens (including phenoxy) is 1. The van der Waals surface area contributed by atoms with Gasteiger partial charge >= 0.3 is 12.4 Å². The van der Waals surface area contributed by atoms with Crippen LogP contribution in [0.2, 0.25) is 0 Å². The van der Waals surface area contributed by atoms with Gasteiger partial charge in [-0.05, 0) is 17.7 Å². The van der Waals surface area contributed by atoms with Crippen LogP contribution in [0, 0.1) is 11.8 Å². The third-order valence-electron chi connectivity index (χ3n) is 2.28. The Hall–Kier alpha value is -1.72. The second-order valence-corrected chi connectivity index (χ2v) is 3.93. The van der Waals surface area contributed by atoms with Crippen LogP contribution in [0.4, 0.5) is 26.3 Å². The number of rotatable bonds is 3. The van der Waals surface area contributed by atoms with E-state index in [0.717, 1.165) is 0 Å². The first-order valence-electron chi connectivity index (χ1n) is 5.58. The molecule has 0 saturated carbocycles. The van der Waals surface area contributed by atoms with Crippen molar-refractivity contribution >= 4 is 0 Å². The maximum atomic E-state index is 12.2. The van der Waals surface area contributed by atoms with E-state index in [9.17, 15) is 26.3 Å². The maximum Gasteiger partial charge on any atom is 0.423 e. The molecule has 0 amide bonds. The van der Waals surface area contributed by atoms with Gasteiger partial charge in [0.25, 0.3) is 0 Å². The number of aliphatic hydroxyl groups excluding tert-OH is 1. The van der Waals surface area contributed by atoms with Crippen molar-refractivity contribution in [3.05, 3.63) is 35.4 Å². The first-order chi connectivity index (χ1) is 9.64. The summed E-state index contributed by atoms with van der Waals surface area (Å²) in [5.74, 6) is 4.88. The summed E-state index contributed by atoms with van der Waals surface area (Å²) < 4.78 is 77.4. The zero-order valence-corrected chi connectivity index (χ0v) is 10.4. The standard InChI is InChI=1S/C13H10F6O2/c14-12(15,16)11(13(17,18)19)21-8-10-5-3-9(4-6-10)2-1-7-20/h3-6,11,20H,7-8H2. The Kier molecular flexibility index (Phi) is 5.63. The quantitative estimate of drug-likeness (QED) is 0.687. The van der Waals surface area contributed by atoms with Gasteiger partial charge in [0.2, 0.25) is 6.10 Å². The molecule has 116 valence electrons. The molecule has 0 bridgehead atoms. The highest BCUT2D eigenvalue weighted by atomic mass is 19.4. The minimum Gasteiger partial charge on any atom is -0.384 e. The molecule has 0 aliphatic heterocycles. The van der Waals surface area contributed by atoms with E-state index in [1.807, 2.05) is 0 Å². The van der Waals surface area contributed by atoms with Crippen LogP contribution < -0.4 is 0 Å². The first kappa shape index (κ1) is 17.3. The molecular formula is C13H10F6O2. The fraction of sp³-hybridized carbons (Fsp3) is 0.385. The van der Waals surface area contributed by atoms with Gasteiger partial charge in [-0.1, -0.05) is 24.0 Å². The molecule has 8 heteroatoms. The summed E-state index contributed by atoms with van der Waals surface area (Å²) in [5.41, 5.74) is 0.610. The molecule has 0 aromatic heterocycles. The van der Waals surface area contributed by atoms with Gasteiger partial charge in [0.1, 0.15) is 6.61 Å². The molecule has 1 aromatic carbocycles. The van der Waals surface area contributed by atoms with Crippen molar-refractivity contribution in [3.63, 3.8) is 0 Å². The van der Waals surface area contributed by atoms with Crippen molar-refractivity contribution in [2.75, 3.05) is 6.61 Å². The number of halogens is 6. The Morgan fingerprint density at radius 3 is 1.95 bits per heavy atom. The average molecular weight is 312 g/mol. The summed E-state index contributed by atoms with van der Waals surface area (Å²) in [6.07, 6.45) is -14.9. The molecule has 0 atom stereocenters. The third-order valence-corrected chi connectivity index (χ3v) is 2.28. The Morgan fingerprint density at radius 2 is 1.52 bits per heavy atom. The molecule has 0 unspecified atom stereocenters. The molecule has 0 radical (unpaired) electrons. The number of aliphatic hydroxyl groups is 1. The second kappa shape index (κ2) is 6.83. The van der Waals surface area contributed by atoms with Crippen LogP contribution in [0.3, 0.4) is 0 Å². The van der Waals surface area contributed by atoms with Gasteiger partial charge in [0.05, 0.1) is 6.61 Å². The van der Waals surface area contributed by atoms with Gasteiger partial charge in [-0.15, -0.1) is 0 Å². The highest BCUT2D eigenvalue weighted by Crippen LogP contribution is 2.36. The van der Waals surface area contributed by atoms with Gasteiger partial charge < -0.3 is 9.84 Å². The Balaban J connectivity index is 2.73. The molecule has 2 nitrogen and oxygen atoms in total. The summed E-state index contributed by atoms with van der Waals surface area (Å²) in [7, 11) is 0. The van der Waals surface area contributed by atoms with Crippen molar-refractivity contribution < 1.29 is 36.2 Å². The van der Waals surface area contributed by atoms with Crippen molar-refractivity contribution in [1.82, 2.24) is 0 Å². The van der Waals surface area contributed by atoms with Crippen LogP contribution in [0.25, 0.3) is 0 Å². The molecule has 21 heavy (non-hydrogen) atoms. The van der Waals surface area contributed by atoms with E-state index in [1.54, 1.807) is 0 Å². The van der Waals surface area contributed by atoms with Crippen LogP contribution in [-0.2, 0) is 11.3 Å². The Morgan fingerprint density at radius 1 is 1.00 bits per heavy atom. The van der Waals surface area contributed by atoms with Crippen LogP contribution in [0.15, 0.2) is 24.3 Å². The number of hydrogen-bond donors (Lipinski definition) is 1. The van der Waals surface area contributed by atoms with Crippen LogP contribution in [-0.4, -0.2) is 30.2 Å².